The lowest BCUT2D eigenvalue weighted by atomic mass is 10.1. The third-order valence-electron chi connectivity index (χ3n) is 4.74. The average molecular weight is 438 g/mol. The first-order valence-corrected chi connectivity index (χ1v) is 10.2. The number of nitrogens with zero attached hydrogens (tertiary/aromatic N) is 2. The zero-order valence-corrected chi connectivity index (χ0v) is 18.0. The Hall–Kier alpha value is -1.73. The van der Waals surface area contributed by atoms with E-state index >= 15 is 0 Å². The summed E-state index contributed by atoms with van der Waals surface area (Å²) in [6, 6.07) is 5.92. The van der Waals surface area contributed by atoms with Gasteiger partial charge in [0.1, 0.15) is 0 Å². The third kappa shape index (κ3) is 5.39. The number of hydrogen-bond donors (Lipinski definition) is 1. The van der Waals surface area contributed by atoms with E-state index in [-0.39, 0.29) is 24.3 Å². The van der Waals surface area contributed by atoms with E-state index in [4.69, 9.17) is 0 Å². The molecule has 6 nitrogen and oxygen atoms in total. The number of hydrogen-bond acceptors (Lipinski definition) is 4. The van der Waals surface area contributed by atoms with E-state index in [0.717, 1.165) is 11.0 Å². The zero-order valence-electron chi connectivity index (χ0n) is 16.4. The van der Waals surface area contributed by atoms with Crippen LogP contribution in [-0.2, 0) is 4.79 Å². The van der Waals surface area contributed by atoms with Gasteiger partial charge in [0.15, 0.2) is 0 Å². The van der Waals surface area contributed by atoms with Crippen LogP contribution in [0.2, 0.25) is 0 Å². The minimum Gasteiger partial charge on any atom is -0.355 e. The summed E-state index contributed by atoms with van der Waals surface area (Å²) < 4.78 is 0.764. The summed E-state index contributed by atoms with van der Waals surface area (Å²) in [7, 11) is 0. The van der Waals surface area contributed by atoms with Crippen molar-refractivity contribution in [2.24, 2.45) is 0 Å². The fraction of sp³-hybridized carbons (Fsp3) is 0.550. The first-order chi connectivity index (χ1) is 12.7. The molecule has 1 aliphatic heterocycles. The summed E-state index contributed by atoms with van der Waals surface area (Å²) in [5.74, 6) is -0.629. The lowest BCUT2D eigenvalue weighted by Crippen LogP contribution is -2.42. The normalized spacial score (nSPS) is 13.9. The van der Waals surface area contributed by atoms with Crippen LogP contribution in [0.25, 0.3) is 0 Å². The van der Waals surface area contributed by atoms with Crippen LogP contribution >= 0.6 is 15.9 Å². The van der Waals surface area contributed by atoms with E-state index in [1.807, 2.05) is 0 Å². The van der Waals surface area contributed by atoms with Crippen molar-refractivity contribution in [2.75, 3.05) is 19.6 Å². The Balaban J connectivity index is 1.76. The quantitative estimate of drug-likeness (QED) is 0.602. The van der Waals surface area contributed by atoms with E-state index < -0.39 is 0 Å². The second kappa shape index (κ2) is 9.46. The fourth-order valence-corrected chi connectivity index (χ4v) is 3.75. The Kier molecular flexibility index (Phi) is 7.56. The van der Waals surface area contributed by atoms with Gasteiger partial charge in [-0.1, -0.05) is 15.9 Å². The highest BCUT2D eigenvalue weighted by Crippen LogP contribution is 2.26. The van der Waals surface area contributed by atoms with Gasteiger partial charge in [0.25, 0.3) is 11.8 Å². The average Bonchev–Trinajstić information content (AvgIpc) is 2.82. The summed E-state index contributed by atoms with van der Waals surface area (Å²) in [5, 5.41) is 2.92. The van der Waals surface area contributed by atoms with Crippen molar-refractivity contribution in [3.8, 4) is 0 Å². The molecule has 2 rings (SSSR count). The first kappa shape index (κ1) is 21.6. The molecule has 148 valence electrons. The van der Waals surface area contributed by atoms with Crippen LogP contribution in [0.15, 0.2) is 22.7 Å². The number of imide groups is 1. The van der Waals surface area contributed by atoms with Crippen LogP contribution in [-0.4, -0.2) is 59.2 Å². The van der Waals surface area contributed by atoms with E-state index in [0.29, 0.717) is 42.6 Å². The topological polar surface area (TPSA) is 69.7 Å². The monoisotopic (exact) mass is 437 g/mol. The van der Waals surface area contributed by atoms with Crippen LogP contribution in [0, 0.1) is 0 Å². The van der Waals surface area contributed by atoms with E-state index in [2.05, 4.69) is 53.8 Å². The molecule has 7 heteroatoms. The summed E-state index contributed by atoms with van der Waals surface area (Å²) in [6.07, 6.45) is 0.747. The predicted molar refractivity (Wildman–Crippen MR) is 109 cm³/mol. The molecule has 1 aromatic rings. The number of nitrogens with one attached hydrogen (secondary N) is 1. The number of amides is 3. The van der Waals surface area contributed by atoms with Crippen molar-refractivity contribution in [2.45, 2.75) is 52.6 Å². The van der Waals surface area contributed by atoms with Gasteiger partial charge in [0, 0.05) is 42.6 Å². The third-order valence-corrected chi connectivity index (χ3v) is 5.23. The van der Waals surface area contributed by atoms with Crippen LogP contribution in [0.4, 0.5) is 0 Å². The van der Waals surface area contributed by atoms with Crippen molar-refractivity contribution in [1.82, 2.24) is 15.1 Å². The second-order valence-corrected chi connectivity index (χ2v) is 8.25. The smallest absolute Gasteiger partial charge is 0.261 e. The van der Waals surface area contributed by atoms with Crippen molar-refractivity contribution < 1.29 is 14.4 Å². The lowest BCUT2D eigenvalue weighted by Gasteiger charge is -2.30. The summed E-state index contributed by atoms with van der Waals surface area (Å²) in [6.45, 7) is 10.2. The van der Waals surface area contributed by atoms with Crippen LogP contribution in [0.3, 0.4) is 0 Å². The van der Waals surface area contributed by atoms with Crippen LogP contribution < -0.4 is 5.32 Å². The second-order valence-electron chi connectivity index (χ2n) is 7.33. The predicted octanol–water partition coefficient (Wildman–Crippen LogP) is 3.06. The first-order valence-electron chi connectivity index (χ1n) is 9.40. The maximum Gasteiger partial charge on any atom is 0.261 e. The minimum absolute atomic E-state index is 0.0539. The van der Waals surface area contributed by atoms with Crippen molar-refractivity contribution in [3.05, 3.63) is 33.8 Å². The molecule has 3 amide bonds. The molecule has 0 atom stereocenters. The number of benzene rings is 1. The van der Waals surface area contributed by atoms with E-state index in [9.17, 15) is 14.4 Å². The number of fused-ring (bicyclic) bond motifs is 1. The van der Waals surface area contributed by atoms with Crippen LogP contribution in [0.1, 0.15) is 61.3 Å². The number of carbonyl (C=O) groups is 3. The van der Waals surface area contributed by atoms with Gasteiger partial charge < -0.3 is 5.32 Å². The molecule has 27 heavy (non-hydrogen) atoms. The molecule has 0 bridgehead atoms. The van der Waals surface area contributed by atoms with Gasteiger partial charge in [-0.3, -0.25) is 24.2 Å². The molecule has 1 heterocycles. The largest absolute Gasteiger partial charge is 0.355 e. The van der Waals surface area contributed by atoms with E-state index in [1.165, 1.54) is 4.90 Å². The summed E-state index contributed by atoms with van der Waals surface area (Å²) >= 11 is 3.32. The van der Waals surface area contributed by atoms with Crippen molar-refractivity contribution in [3.63, 3.8) is 0 Å². The SMILES string of the molecule is CC(C)N(CCNC(=O)CCCN1C(=O)c2ccc(Br)cc2C1=O)C(C)C. The zero-order chi connectivity index (χ0) is 20.1. The highest BCUT2D eigenvalue weighted by Gasteiger charge is 2.35. The summed E-state index contributed by atoms with van der Waals surface area (Å²) in [5.41, 5.74) is 0.844. The highest BCUT2D eigenvalue weighted by molar-refractivity contribution is 9.10. The molecule has 0 saturated heterocycles. The Morgan fingerprint density at radius 2 is 1.74 bits per heavy atom. The molecule has 0 aromatic heterocycles. The molecule has 0 unspecified atom stereocenters. The van der Waals surface area contributed by atoms with Crippen LogP contribution in [0.5, 0.6) is 0 Å². The molecular weight excluding hydrogens is 410 g/mol. The van der Waals surface area contributed by atoms with Gasteiger partial charge >= 0.3 is 0 Å². The Morgan fingerprint density at radius 3 is 2.37 bits per heavy atom. The Bertz CT molecular complexity index is 710. The maximum absolute atomic E-state index is 12.4. The summed E-state index contributed by atoms with van der Waals surface area (Å²) in [4.78, 5) is 40.3. The fourth-order valence-electron chi connectivity index (χ4n) is 3.39. The van der Waals surface area contributed by atoms with Gasteiger partial charge in [-0.25, -0.2) is 0 Å². The molecule has 1 N–H and O–H groups in total. The van der Waals surface area contributed by atoms with Gasteiger partial charge in [-0.05, 0) is 52.3 Å². The van der Waals surface area contributed by atoms with Crippen molar-refractivity contribution >= 4 is 33.7 Å². The molecule has 0 radical (unpaired) electrons. The Morgan fingerprint density at radius 1 is 1.11 bits per heavy atom. The van der Waals surface area contributed by atoms with Gasteiger partial charge in [-0.2, -0.15) is 0 Å². The minimum atomic E-state index is -0.291. The number of rotatable bonds is 9. The maximum atomic E-state index is 12.4. The lowest BCUT2D eigenvalue weighted by molar-refractivity contribution is -0.121. The highest BCUT2D eigenvalue weighted by atomic mass is 79.9. The molecule has 0 spiro atoms. The molecule has 1 aliphatic rings. The van der Waals surface area contributed by atoms with Gasteiger partial charge in [0.05, 0.1) is 11.1 Å². The van der Waals surface area contributed by atoms with Gasteiger partial charge in [-0.15, -0.1) is 0 Å². The molecule has 0 saturated carbocycles. The Labute approximate surface area is 169 Å². The molecule has 1 aromatic carbocycles. The standard InChI is InChI=1S/C20H28BrN3O3/c1-13(2)23(14(3)4)11-9-22-18(25)6-5-10-24-19(26)16-8-7-15(21)12-17(16)20(24)27/h7-8,12-14H,5-6,9-11H2,1-4H3,(H,22,25). The molecular formula is C20H28BrN3O3. The molecule has 0 fully saturated rings. The molecule has 0 aliphatic carbocycles. The van der Waals surface area contributed by atoms with Gasteiger partial charge in [0.2, 0.25) is 5.91 Å². The van der Waals surface area contributed by atoms with Crippen molar-refractivity contribution in [1.29, 1.82) is 0 Å². The number of halogens is 1. The number of carbonyl (C=O) groups excluding carboxylic acids is 3. The van der Waals surface area contributed by atoms with E-state index in [1.54, 1.807) is 18.2 Å².